The number of allylic oxidation sites excluding steroid dienone is 2. The van der Waals surface area contributed by atoms with Crippen molar-refractivity contribution in [3.05, 3.63) is 44.9 Å². The highest BCUT2D eigenvalue weighted by molar-refractivity contribution is 9.10. The van der Waals surface area contributed by atoms with Crippen molar-refractivity contribution in [2.75, 3.05) is 11.9 Å². The Bertz CT molecular complexity index is 474. The van der Waals surface area contributed by atoms with Crippen LogP contribution in [0.4, 0.5) is 11.4 Å². The Kier molecular flexibility index (Phi) is 4.36. The summed E-state index contributed by atoms with van der Waals surface area (Å²) >= 11 is 3.22. The lowest BCUT2D eigenvalue weighted by molar-refractivity contribution is -0.385. The van der Waals surface area contributed by atoms with E-state index in [4.69, 9.17) is 0 Å². The number of nitrogens with zero attached hydrogens (tertiary/aromatic N) is 1. The molecule has 0 saturated carbocycles. The highest BCUT2D eigenvalue weighted by Crippen LogP contribution is 2.28. The summed E-state index contributed by atoms with van der Waals surface area (Å²) in [7, 11) is 0. The molecule has 1 atom stereocenters. The molecule has 96 valence electrons. The number of nitrogens with one attached hydrogen (secondary N) is 1. The van der Waals surface area contributed by atoms with Crippen LogP contribution >= 0.6 is 15.9 Å². The van der Waals surface area contributed by atoms with E-state index in [9.17, 15) is 10.1 Å². The van der Waals surface area contributed by atoms with Crippen LogP contribution in [0.5, 0.6) is 0 Å². The molecule has 1 N–H and O–H groups in total. The van der Waals surface area contributed by atoms with Crippen molar-refractivity contribution in [1.82, 2.24) is 0 Å². The van der Waals surface area contributed by atoms with Crippen molar-refractivity contribution in [1.29, 1.82) is 0 Å². The number of nitro groups is 1. The molecule has 0 bridgehead atoms. The number of anilines is 1. The van der Waals surface area contributed by atoms with Crippen molar-refractivity contribution in [2.24, 2.45) is 5.92 Å². The van der Waals surface area contributed by atoms with Gasteiger partial charge in [-0.2, -0.15) is 0 Å². The Morgan fingerprint density at radius 2 is 2.28 bits per heavy atom. The summed E-state index contributed by atoms with van der Waals surface area (Å²) in [6, 6.07) is 5.03. The third kappa shape index (κ3) is 3.32. The van der Waals surface area contributed by atoms with Crippen LogP contribution in [0.3, 0.4) is 0 Å². The van der Waals surface area contributed by atoms with E-state index in [1.54, 1.807) is 12.1 Å². The van der Waals surface area contributed by atoms with Crippen molar-refractivity contribution >= 4 is 27.3 Å². The Morgan fingerprint density at radius 1 is 1.44 bits per heavy atom. The summed E-state index contributed by atoms with van der Waals surface area (Å²) in [6.45, 7) is 0.911. The first-order chi connectivity index (χ1) is 8.66. The number of nitro benzene ring substituents is 1. The molecule has 1 aliphatic rings. The maximum atomic E-state index is 10.7. The molecule has 2 rings (SSSR count). The van der Waals surface area contributed by atoms with Gasteiger partial charge in [0, 0.05) is 18.3 Å². The van der Waals surface area contributed by atoms with Crippen LogP contribution in [0, 0.1) is 16.0 Å². The minimum absolute atomic E-state index is 0.0983. The average molecular weight is 311 g/mol. The van der Waals surface area contributed by atoms with Crippen LogP contribution in [-0.4, -0.2) is 11.5 Å². The van der Waals surface area contributed by atoms with Gasteiger partial charge in [-0.05, 0) is 53.2 Å². The molecule has 0 saturated heterocycles. The van der Waals surface area contributed by atoms with Crippen LogP contribution in [0.1, 0.15) is 19.3 Å². The number of benzene rings is 1. The summed E-state index contributed by atoms with van der Waals surface area (Å²) < 4.78 is 0.515. The van der Waals surface area contributed by atoms with Gasteiger partial charge in [-0.1, -0.05) is 12.2 Å². The van der Waals surface area contributed by atoms with Gasteiger partial charge in [-0.25, -0.2) is 0 Å². The van der Waals surface area contributed by atoms with Gasteiger partial charge in [0.1, 0.15) is 0 Å². The lowest BCUT2D eigenvalue weighted by atomic mass is 9.94. The number of halogens is 1. The third-order valence-corrected chi connectivity index (χ3v) is 3.75. The molecule has 0 fully saturated rings. The number of hydrogen-bond acceptors (Lipinski definition) is 3. The smallest absolute Gasteiger partial charge is 0.283 e. The largest absolute Gasteiger partial charge is 0.385 e. The Hall–Kier alpha value is -1.36. The minimum atomic E-state index is -0.389. The van der Waals surface area contributed by atoms with Crippen molar-refractivity contribution in [2.45, 2.75) is 19.3 Å². The van der Waals surface area contributed by atoms with Gasteiger partial charge in [0.25, 0.3) is 5.69 Å². The van der Waals surface area contributed by atoms with Crippen molar-refractivity contribution in [3.63, 3.8) is 0 Å². The van der Waals surface area contributed by atoms with Gasteiger partial charge >= 0.3 is 0 Å². The summed E-state index contributed by atoms with van der Waals surface area (Å²) in [5.74, 6) is 0.656. The van der Waals surface area contributed by atoms with Crippen LogP contribution in [0.2, 0.25) is 0 Å². The fourth-order valence-corrected chi connectivity index (χ4v) is 2.59. The van der Waals surface area contributed by atoms with E-state index < -0.39 is 0 Å². The average Bonchev–Trinajstić information content (AvgIpc) is 2.37. The topological polar surface area (TPSA) is 55.2 Å². The van der Waals surface area contributed by atoms with Gasteiger partial charge in [-0.3, -0.25) is 10.1 Å². The maximum Gasteiger partial charge on any atom is 0.283 e. The molecule has 5 heteroatoms. The first-order valence-electron chi connectivity index (χ1n) is 5.99. The third-order valence-electron chi connectivity index (χ3n) is 3.12. The van der Waals surface area contributed by atoms with E-state index in [1.807, 2.05) is 0 Å². The molecule has 0 radical (unpaired) electrons. The van der Waals surface area contributed by atoms with Gasteiger partial charge in [0.2, 0.25) is 0 Å². The zero-order chi connectivity index (χ0) is 13.0. The summed E-state index contributed by atoms with van der Waals surface area (Å²) in [5, 5.41) is 14.0. The monoisotopic (exact) mass is 310 g/mol. The maximum absolute atomic E-state index is 10.7. The quantitative estimate of drug-likeness (QED) is 0.517. The molecule has 1 aliphatic carbocycles. The van der Waals surface area contributed by atoms with E-state index in [2.05, 4.69) is 33.4 Å². The molecule has 0 aromatic heterocycles. The predicted molar refractivity (Wildman–Crippen MR) is 75.8 cm³/mol. The zero-order valence-electron chi connectivity index (χ0n) is 9.93. The minimum Gasteiger partial charge on any atom is -0.385 e. The van der Waals surface area contributed by atoms with Crippen LogP contribution in [0.25, 0.3) is 0 Å². The molecule has 0 spiro atoms. The molecule has 4 nitrogen and oxygen atoms in total. The lowest BCUT2D eigenvalue weighted by Gasteiger charge is -2.18. The molecule has 1 unspecified atom stereocenters. The molecule has 1 aromatic rings. The standard InChI is InChI=1S/C13H15BrN2O2/c14-12-8-11(6-7-13(12)16(17)18)15-9-10-4-2-1-3-5-10/h1-2,6-8,10,15H,3-5,9H2. The van der Waals surface area contributed by atoms with Crippen LogP contribution in [-0.2, 0) is 0 Å². The summed E-state index contributed by atoms with van der Waals surface area (Å²) in [6.07, 6.45) is 7.91. The van der Waals surface area contributed by atoms with E-state index in [-0.39, 0.29) is 10.6 Å². The van der Waals surface area contributed by atoms with E-state index in [0.717, 1.165) is 25.1 Å². The SMILES string of the molecule is O=[N+]([O-])c1ccc(NCC2CC=CCC2)cc1Br. The second kappa shape index (κ2) is 6.00. The molecular weight excluding hydrogens is 296 g/mol. The second-order valence-corrected chi connectivity index (χ2v) is 5.31. The van der Waals surface area contributed by atoms with E-state index >= 15 is 0 Å². The van der Waals surface area contributed by atoms with Crippen molar-refractivity contribution < 1.29 is 4.92 Å². The molecule has 0 amide bonds. The van der Waals surface area contributed by atoms with Gasteiger partial charge in [-0.15, -0.1) is 0 Å². The van der Waals surface area contributed by atoms with E-state index in [1.165, 1.54) is 12.5 Å². The summed E-state index contributed by atoms with van der Waals surface area (Å²) in [4.78, 5) is 10.3. The highest BCUT2D eigenvalue weighted by atomic mass is 79.9. The fourth-order valence-electron chi connectivity index (χ4n) is 2.07. The zero-order valence-corrected chi connectivity index (χ0v) is 11.5. The van der Waals surface area contributed by atoms with Crippen LogP contribution < -0.4 is 5.32 Å². The predicted octanol–water partition coefficient (Wildman–Crippen LogP) is 4.13. The van der Waals surface area contributed by atoms with Gasteiger partial charge in [0.15, 0.2) is 0 Å². The molecule has 0 heterocycles. The normalized spacial score (nSPS) is 18.6. The Balaban J connectivity index is 1.95. The Labute approximate surface area is 114 Å². The van der Waals surface area contributed by atoms with Gasteiger partial charge < -0.3 is 5.32 Å². The molecule has 1 aromatic carbocycles. The highest BCUT2D eigenvalue weighted by Gasteiger charge is 2.13. The van der Waals surface area contributed by atoms with E-state index in [0.29, 0.717) is 10.4 Å². The van der Waals surface area contributed by atoms with Gasteiger partial charge in [0.05, 0.1) is 9.40 Å². The Morgan fingerprint density at radius 3 is 2.89 bits per heavy atom. The van der Waals surface area contributed by atoms with Crippen LogP contribution in [0.15, 0.2) is 34.8 Å². The first-order valence-corrected chi connectivity index (χ1v) is 6.79. The second-order valence-electron chi connectivity index (χ2n) is 4.45. The lowest BCUT2D eigenvalue weighted by Crippen LogP contribution is -2.15. The molecule has 18 heavy (non-hydrogen) atoms. The fraction of sp³-hybridized carbons (Fsp3) is 0.385. The molecular formula is C13H15BrN2O2. The molecule has 0 aliphatic heterocycles. The first kappa shape index (κ1) is 13.1. The van der Waals surface area contributed by atoms with Crippen molar-refractivity contribution in [3.8, 4) is 0 Å². The number of hydrogen-bond donors (Lipinski definition) is 1. The summed E-state index contributed by atoms with van der Waals surface area (Å²) in [5.41, 5.74) is 1.02. The number of rotatable bonds is 4.